The van der Waals surface area contributed by atoms with Crippen LogP contribution in [0, 0.1) is 0 Å². The first kappa shape index (κ1) is 18.6. The van der Waals surface area contributed by atoms with Crippen LogP contribution < -0.4 is 15.7 Å². The molecule has 2 aromatic carbocycles. The second-order valence-corrected chi connectivity index (χ2v) is 11.9. The van der Waals surface area contributed by atoms with Gasteiger partial charge in [0, 0.05) is 6.54 Å². The second-order valence-electron chi connectivity index (χ2n) is 6.33. The fourth-order valence-corrected chi connectivity index (χ4v) is 7.56. The van der Waals surface area contributed by atoms with Gasteiger partial charge in [-0.3, -0.25) is 5.09 Å². The topological polar surface area (TPSA) is 12.0 Å². The Labute approximate surface area is 144 Å². The third-order valence-corrected chi connectivity index (χ3v) is 9.21. The molecule has 124 valence electrons. The summed E-state index contributed by atoms with van der Waals surface area (Å²) in [7, 11) is -0.359. The molecule has 0 atom stereocenters. The SMILES string of the molecule is CC(C)P(NCCP(c1ccccc1)c1ccccc1)C(C)C. The fourth-order valence-electron chi connectivity index (χ4n) is 2.88. The zero-order chi connectivity index (χ0) is 16.7. The smallest absolute Gasteiger partial charge is 0.00356 e. The number of benzene rings is 2. The van der Waals surface area contributed by atoms with Crippen LogP contribution in [0.4, 0.5) is 0 Å². The standard InChI is InChI=1S/C20H29NP2/c1-17(2)23(18(3)4)21-15-16-22(19-11-7-5-8-12-19)20-13-9-6-10-14-20/h5-14,17-18,21H,15-16H2,1-4H3. The Morgan fingerprint density at radius 1 is 0.739 bits per heavy atom. The van der Waals surface area contributed by atoms with Gasteiger partial charge < -0.3 is 0 Å². The maximum Gasteiger partial charge on any atom is 0.00356 e. The van der Waals surface area contributed by atoms with Crippen LogP contribution in [0.2, 0.25) is 0 Å². The molecular weight excluding hydrogens is 316 g/mol. The van der Waals surface area contributed by atoms with Crippen LogP contribution in [0.15, 0.2) is 60.7 Å². The molecule has 0 spiro atoms. The van der Waals surface area contributed by atoms with Crippen LogP contribution in [0.5, 0.6) is 0 Å². The van der Waals surface area contributed by atoms with Crippen LogP contribution in [-0.2, 0) is 0 Å². The number of nitrogens with one attached hydrogen (secondary N) is 1. The molecule has 0 aliphatic heterocycles. The Morgan fingerprint density at radius 2 is 1.17 bits per heavy atom. The maximum atomic E-state index is 3.87. The highest BCUT2D eigenvalue weighted by Crippen LogP contribution is 2.42. The van der Waals surface area contributed by atoms with Gasteiger partial charge in [0.25, 0.3) is 0 Å². The summed E-state index contributed by atoms with van der Waals surface area (Å²) in [6, 6.07) is 22.0. The van der Waals surface area contributed by atoms with Crippen molar-refractivity contribution >= 4 is 26.6 Å². The number of hydrogen-bond acceptors (Lipinski definition) is 1. The molecule has 0 unspecified atom stereocenters. The van der Waals surface area contributed by atoms with Crippen LogP contribution in [-0.4, -0.2) is 24.0 Å². The van der Waals surface area contributed by atoms with Crippen LogP contribution in [0.25, 0.3) is 0 Å². The lowest BCUT2D eigenvalue weighted by Gasteiger charge is -2.28. The van der Waals surface area contributed by atoms with Gasteiger partial charge in [0.1, 0.15) is 0 Å². The number of hydrogen-bond donors (Lipinski definition) is 1. The van der Waals surface area contributed by atoms with Crippen molar-refractivity contribution in [2.45, 2.75) is 39.0 Å². The first-order valence-electron chi connectivity index (χ1n) is 8.49. The van der Waals surface area contributed by atoms with Crippen molar-refractivity contribution in [3.8, 4) is 0 Å². The van der Waals surface area contributed by atoms with Gasteiger partial charge in [-0.15, -0.1) is 0 Å². The molecule has 2 rings (SSSR count). The third kappa shape index (κ3) is 5.68. The Hall–Kier alpha value is -0.740. The molecule has 23 heavy (non-hydrogen) atoms. The molecule has 0 aliphatic rings. The van der Waals surface area contributed by atoms with Crippen LogP contribution in [0.3, 0.4) is 0 Å². The molecule has 1 N–H and O–H groups in total. The summed E-state index contributed by atoms with van der Waals surface area (Å²) >= 11 is 0. The number of rotatable bonds is 8. The summed E-state index contributed by atoms with van der Waals surface area (Å²) in [6.07, 6.45) is 1.21. The van der Waals surface area contributed by atoms with Crippen LogP contribution in [0.1, 0.15) is 27.7 Å². The van der Waals surface area contributed by atoms with E-state index in [1.54, 1.807) is 0 Å². The summed E-state index contributed by atoms with van der Waals surface area (Å²) in [4.78, 5) is 0. The van der Waals surface area contributed by atoms with E-state index in [1.807, 2.05) is 0 Å². The third-order valence-electron chi connectivity index (χ3n) is 3.88. The van der Waals surface area contributed by atoms with E-state index in [9.17, 15) is 0 Å². The van der Waals surface area contributed by atoms with E-state index in [0.29, 0.717) is 0 Å². The predicted molar refractivity (Wildman–Crippen MR) is 109 cm³/mol. The van der Waals surface area contributed by atoms with E-state index < -0.39 is 0 Å². The minimum Gasteiger partial charge on any atom is -0.295 e. The molecule has 0 amide bonds. The molecule has 1 nitrogen and oxygen atoms in total. The highest BCUT2D eigenvalue weighted by atomic mass is 31.1. The normalized spacial score (nSPS) is 11.8. The molecule has 0 saturated carbocycles. The Morgan fingerprint density at radius 3 is 1.57 bits per heavy atom. The van der Waals surface area contributed by atoms with E-state index in [-0.39, 0.29) is 16.0 Å². The summed E-state index contributed by atoms with van der Waals surface area (Å²) in [6.45, 7) is 10.5. The summed E-state index contributed by atoms with van der Waals surface area (Å²) in [5.41, 5.74) is 1.48. The largest absolute Gasteiger partial charge is 0.295 e. The van der Waals surface area contributed by atoms with Gasteiger partial charge in [-0.25, -0.2) is 0 Å². The molecule has 0 saturated heterocycles. The van der Waals surface area contributed by atoms with Gasteiger partial charge in [-0.1, -0.05) is 88.4 Å². The van der Waals surface area contributed by atoms with Gasteiger partial charge >= 0.3 is 0 Å². The fraction of sp³-hybridized carbons (Fsp3) is 0.400. The van der Waals surface area contributed by atoms with Crippen molar-refractivity contribution in [1.29, 1.82) is 0 Å². The molecular formula is C20H29NP2. The van der Waals surface area contributed by atoms with Crippen molar-refractivity contribution in [2.24, 2.45) is 0 Å². The molecule has 3 heteroatoms. The average molecular weight is 345 g/mol. The predicted octanol–water partition coefficient (Wildman–Crippen LogP) is 4.92. The van der Waals surface area contributed by atoms with Gasteiger partial charge in [0.05, 0.1) is 0 Å². The Bertz CT molecular complexity index is 507. The van der Waals surface area contributed by atoms with Gasteiger partial charge in [-0.2, -0.15) is 0 Å². The quantitative estimate of drug-likeness (QED) is 0.670. The average Bonchev–Trinajstić information content (AvgIpc) is 2.56. The van der Waals surface area contributed by atoms with Gasteiger partial charge in [-0.05, 0) is 44.1 Å². The molecule has 0 heterocycles. The van der Waals surface area contributed by atoms with Crippen molar-refractivity contribution in [2.75, 3.05) is 12.7 Å². The van der Waals surface area contributed by atoms with Crippen molar-refractivity contribution in [3.63, 3.8) is 0 Å². The van der Waals surface area contributed by atoms with E-state index >= 15 is 0 Å². The second kappa shape index (κ2) is 9.53. The van der Waals surface area contributed by atoms with Gasteiger partial charge in [0.2, 0.25) is 0 Å². The summed E-state index contributed by atoms with van der Waals surface area (Å²) in [5.74, 6) is 0. The zero-order valence-corrected chi connectivity index (χ0v) is 16.5. The van der Waals surface area contributed by atoms with Crippen molar-refractivity contribution in [3.05, 3.63) is 60.7 Å². The first-order chi connectivity index (χ1) is 11.1. The van der Waals surface area contributed by atoms with Gasteiger partial charge in [0.15, 0.2) is 0 Å². The molecule has 0 radical (unpaired) electrons. The minimum atomic E-state index is -0.272. The summed E-state index contributed by atoms with van der Waals surface area (Å²) in [5, 5.41) is 6.83. The summed E-state index contributed by atoms with van der Waals surface area (Å²) < 4.78 is 0. The minimum absolute atomic E-state index is 0.0867. The van der Waals surface area contributed by atoms with Crippen LogP contribution >= 0.6 is 16.0 Å². The molecule has 0 aliphatic carbocycles. The lowest BCUT2D eigenvalue weighted by Crippen LogP contribution is -2.24. The van der Waals surface area contributed by atoms with Crippen molar-refractivity contribution in [1.82, 2.24) is 5.09 Å². The van der Waals surface area contributed by atoms with E-state index in [0.717, 1.165) is 17.9 Å². The lowest BCUT2D eigenvalue weighted by atomic mass is 10.4. The van der Waals surface area contributed by atoms with E-state index in [1.165, 1.54) is 16.8 Å². The van der Waals surface area contributed by atoms with E-state index in [2.05, 4.69) is 93.4 Å². The lowest BCUT2D eigenvalue weighted by molar-refractivity contribution is 0.923. The molecule has 0 bridgehead atoms. The Balaban J connectivity index is 2.07. The highest BCUT2D eigenvalue weighted by molar-refractivity contribution is 7.73. The first-order valence-corrected chi connectivity index (χ1v) is 11.5. The maximum absolute atomic E-state index is 3.87. The molecule has 2 aromatic rings. The Kier molecular flexibility index (Phi) is 7.71. The van der Waals surface area contributed by atoms with E-state index in [4.69, 9.17) is 0 Å². The van der Waals surface area contributed by atoms with Crippen molar-refractivity contribution < 1.29 is 0 Å². The zero-order valence-electron chi connectivity index (χ0n) is 14.7. The molecule has 0 aromatic heterocycles. The molecule has 0 fully saturated rings. The monoisotopic (exact) mass is 345 g/mol. The highest BCUT2D eigenvalue weighted by Gasteiger charge is 2.18.